The van der Waals surface area contributed by atoms with Crippen molar-refractivity contribution in [1.82, 2.24) is 15.0 Å². The van der Waals surface area contributed by atoms with Crippen LogP contribution in [0.2, 0.25) is 0 Å². The van der Waals surface area contributed by atoms with E-state index in [1.807, 2.05) is 0 Å². The molecule has 13 heavy (non-hydrogen) atoms. The van der Waals surface area contributed by atoms with Gasteiger partial charge in [0.1, 0.15) is 6.61 Å². The summed E-state index contributed by atoms with van der Waals surface area (Å²) in [6, 6.07) is 0. The predicted octanol–water partition coefficient (Wildman–Crippen LogP) is 1.51. The van der Waals surface area contributed by atoms with Crippen LogP contribution in [0.4, 0.5) is 0 Å². The van der Waals surface area contributed by atoms with Crippen LogP contribution >= 0.6 is 11.3 Å². The Labute approximate surface area is 79.3 Å². The molecule has 5 heteroatoms. The second kappa shape index (κ2) is 3.95. The van der Waals surface area contributed by atoms with Gasteiger partial charge in [0.15, 0.2) is 0 Å². The van der Waals surface area contributed by atoms with E-state index in [2.05, 4.69) is 15.0 Å². The molecule has 66 valence electrons. The first-order valence-electron chi connectivity index (χ1n) is 3.71. The summed E-state index contributed by atoms with van der Waals surface area (Å²) in [6.45, 7) is 0.503. The molecule has 2 aromatic heterocycles. The molecule has 0 bridgehead atoms. The van der Waals surface area contributed by atoms with Crippen LogP contribution in [0.15, 0.2) is 30.3 Å². The molecule has 0 radical (unpaired) electrons. The molecule has 0 aliphatic rings. The van der Waals surface area contributed by atoms with Crippen molar-refractivity contribution in [3.05, 3.63) is 35.2 Å². The minimum absolute atomic E-state index is 0.503. The van der Waals surface area contributed by atoms with E-state index in [0.29, 0.717) is 12.5 Å². The van der Waals surface area contributed by atoms with E-state index in [4.69, 9.17) is 4.74 Å². The third-order valence-corrected chi connectivity index (χ3v) is 2.14. The monoisotopic (exact) mass is 193 g/mol. The number of hydrogen-bond donors (Lipinski definition) is 0. The van der Waals surface area contributed by atoms with E-state index >= 15 is 0 Å². The normalized spacial score (nSPS) is 9.85. The lowest BCUT2D eigenvalue weighted by molar-refractivity contribution is 0.295. The van der Waals surface area contributed by atoms with Crippen molar-refractivity contribution in [2.45, 2.75) is 6.61 Å². The zero-order valence-electron chi connectivity index (χ0n) is 6.75. The highest BCUT2D eigenvalue weighted by Crippen LogP contribution is 2.09. The van der Waals surface area contributed by atoms with E-state index in [-0.39, 0.29) is 0 Å². The molecule has 0 amide bonds. The number of nitrogens with zero attached hydrogens (tertiary/aromatic N) is 3. The van der Waals surface area contributed by atoms with Gasteiger partial charge >= 0.3 is 0 Å². The minimum atomic E-state index is 0.503. The van der Waals surface area contributed by atoms with Crippen molar-refractivity contribution in [1.29, 1.82) is 0 Å². The van der Waals surface area contributed by atoms with Crippen molar-refractivity contribution in [3.63, 3.8) is 0 Å². The van der Waals surface area contributed by atoms with Crippen molar-refractivity contribution in [2.24, 2.45) is 0 Å². The molecule has 2 rings (SSSR count). The smallest absolute Gasteiger partial charge is 0.232 e. The summed E-state index contributed by atoms with van der Waals surface area (Å²) in [5.74, 6) is 0.538. The van der Waals surface area contributed by atoms with Crippen LogP contribution in [-0.4, -0.2) is 15.0 Å². The van der Waals surface area contributed by atoms with Gasteiger partial charge in [-0.2, -0.15) is 0 Å². The topological polar surface area (TPSA) is 47.9 Å². The SMILES string of the molecule is c1cnc(OCc2cncs2)cn1. The van der Waals surface area contributed by atoms with Crippen LogP contribution in [0.1, 0.15) is 4.88 Å². The summed E-state index contributed by atoms with van der Waals surface area (Å²) >= 11 is 1.56. The zero-order valence-corrected chi connectivity index (χ0v) is 7.57. The summed E-state index contributed by atoms with van der Waals surface area (Å²) in [5, 5.41) is 0. The molecule has 2 heterocycles. The summed E-state index contributed by atoms with van der Waals surface area (Å²) < 4.78 is 5.35. The van der Waals surface area contributed by atoms with Gasteiger partial charge in [-0.3, -0.25) is 9.97 Å². The molecule has 0 N–H and O–H groups in total. The number of hydrogen-bond acceptors (Lipinski definition) is 5. The van der Waals surface area contributed by atoms with Gasteiger partial charge in [0.05, 0.1) is 16.6 Å². The molecule has 0 aliphatic carbocycles. The van der Waals surface area contributed by atoms with Crippen molar-refractivity contribution < 1.29 is 4.74 Å². The Kier molecular flexibility index (Phi) is 2.47. The Morgan fingerprint density at radius 1 is 1.23 bits per heavy atom. The first-order chi connectivity index (χ1) is 6.45. The highest BCUT2D eigenvalue weighted by molar-refractivity contribution is 7.09. The lowest BCUT2D eigenvalue weighted by atomic mass is 10.6. The van der Waals surface area contributed by atoms with Gasteiger partial charge in [-0.15, -0.1) is 11.3 Å². The number of rotatable bonds is 3. The summed E-state index contributed by atoms with van der Waals surface area (Å²) in [7, 11) is 0. The third-order valence-electron chi connectivity index (χ3n) is 1.39. The fraction of sp³-hybridized carbons (Fsp3) is 0.125. The van der Waals surface area contributed by atoms with E-state index in [1.165, 1.54) is 0 Å². The average molecular weight is 193 g/mol. The standard InChI is InChI=1S/C8H7N3OS/c1-2-11-8(4-9-1)12-5-7-3-10-6-13-7/h1-4,6H,5H2. The Morgan fingerprint density at radius 3 is 2.92 bits per heavy atom. The van der Waals surface area contributed by atoms with Crippen LogP contribution in [0.3, 0.4) is 0 Å². The molecule has 0 spiro atoms. The predicted molar refractivity (Wildman–Crippen MR) is 48.5 cm³/mol. The second-order valence-corrected chi connectivity index (χ2v) is 3.27. The van der Waals surface area contributed by atoms with E-state index in [9.17, 15) is 0 Å². The van der Waals surface area contributed by atoms with Crippen molar-refractivity contribution in [3.8, 4) is 5.88 Å². The Morgan fingerprint density at radius 2 is 2.23 bits per heavy atom. The summed E-state index contributed by atoms with van der Waals surface area (Å²) in [6.07, 6.45) is 6.57. The Balaban J connectivity index is 1.94. The quantitative estimate of drug-likeness (QED) is 0.741. The maximum absolute atomic E-state index is 5.35. The Bertz CT molecular complexity index is 349. The molecule has 0 atom stereocenters. The first-order valence-corrected chi connectivity index (χ1v) is 4.59. The molecule has 0 fully saturated rings. The lowest BCUT2D eigenvalue weighted by Crippen LogP contribution is -1.94. The molecular weight excluding hydrogens is 186 g/mol. The minimum Gasteiger partial charge on any atom is -0.471 e. The highest BCUT2D eigenvalue weighted by Gasteiger charge is 1.96. The van der Waals surface area contributed by atoms with Gasteiger partial charge in [0.25, 0.3) is 0 Å². The molecule has 0 aliphatic heterocycles. The largest absolute Gasteiger partial charge is 0.471 e. The fourth-order valence-electron chi connectivity index (χ4n) is 0.818. The van der Waals surface area contributed by atoms with Crippen LogP contribution < -0.4 is 4.74 Å². The summed E-state index contributed by atoms with van der Waals surface area (Å²) in [4.78, 5) is 12.9. The van der Waals surface area contributed by atoms with E-state index in [1.54, 1.807) is 41.6 Å². The van der Waals surface area contributed by atoms with Crippen LogP contribution in [0.25, 0.3) is 0 Å². The van der Waals surface area contributed by atoms with Crippen molar-refractivity contribution in [2.75, 3.05) is 0 Å². The van der Waals surface area contributed by atoms with Gasteiger partial charge in [0, 0.05) is 18.6 Å². The molecule has 4 nitrogen and oxygen atoms in total. The average Bonchev–Trinajstić information content (AvgIpc) is 2.69. The zero-order chi connectivity index (χ0) is 8.93. The van der Waals surface area contributed by atoms with Gasteiger partial charge in [-0.25, -0.2) is 4.98 Å². The third kappa shape index (κ3) is 2.22. The van der Waals surface area contributed by atoms with Gasteiger partial charge in [0.2, 0.25) is 5.88 Å². The molecule has 0 aromatic carbocycles. The van der Waals surface area contributed by atoms with Crippen LogP contribution in [0.5, 0.6) is 5.88 Å². The highest BCUT2D eigenvalue weighted by atomic mass is 32.1. The van der Waals surface area contributed by atoms with Gasteiger partial charge < -0.3 is 4.74 Å². The molecule has 0 saturated heterocycles. The molecular formula is C8H7N3OS. The van der Waals surface area contributed by atoms with E-state index in [0.717, 1.165) is 4.88 Å². The van der Waals surface area contributed by atoms with E-state index < -0.39 is 0 Å². The molecule has 0 unspecified atom stereocenters. The number of aromatic nitrogens is 3. The number of thiazole rings is 1. The van der Waals surface area contributed by atoms with Crippen molar-refractivity contribution >= 4 is 11.3 Å². The number of ether oxygens (including phenoxy) is 1. The molecule has 2 aromatic rings. The van der Waals surface area contributed by atoms with Crippen LogP contribution in [0, 0.1) is 0 Å². The lowest BCUT2D eigenvalue weighted by Gasteiger charge is -2.00. The van der Waals surface area contributed by atoms with Gasteiger partial charge in [-0.05, 0) is 0 Å². The molecule has 0 saturated carbocycles. The first kappa shape index (κ1) is 8.12. The second-order valence-electron chi connectivity index (χ2n) is 2.30. The fourth-order valence-corrected chi connectivity index (χ4v) is 1.32. The summed E-state index contributed by atoms with van der Waals surface area (Å²) in [5.41, 5.74) is 1.77. The van der Waals surface area contributed by atoms with Gasteiger partial charge in [-0.1, -0.05) is 0 Å². The Hall–Kier alpha value is -1.49. The maximum Gasteiger partial charge on any atom is 0.232 e. The van der Waals surface area contributed by atoms with Crippen LogP contribution in [-0.2, 0) is 6.61 Å². The maximum atomic E-state index is 5.35.